The molecular formula is C13H20N2O. The SMILES string of the molecule is COC(C)CN1CCc2ccc(N)cc2C1. The highest BCUT2D eigenvalue weighted by Crippen LogP contribution is 2.21. The lowest BCUT2D eigenvalue weighted by Crippen LogP contribution is -2.36. The van der Waals surface area contributed by atoms with Crippen molar-refractivity contribution in [2.24, 2.45) is 0 Å². The van der Waals surface area contributed by atoms with E-state index in [1.54, 1.807) is 7.11 Å². The van der Waals surface area contributed by atoms with Crippen molar-refractivity contribution in [3.63, 3.8) is 0 Å². The standard InChI is InChI=1S/C13H20N2O/c1-10(16-2)8-15-6-5-11-3-4-13(14)7-12(11)9-15/h3-4,7,10H,5-6,8-9,14H2,1-2H3. The van der Waals surface area contributed by atoms with E-state index in [2.05, 4.69) is 24.0 Å². The average molecular weight is 220 g/mol. The molecule has 0 saturated carbocycles. The normalized spacial score (nSPS) is 18.1. The van der Waals surface area contributed by atoms with Gasteiger partial charge >= 0.3 is 0 Å². The molecule has 88 valence electrons. The van der Waals surface area contributed by atoms with Crippen LogP contribution in [0.4, 0.5) is 5.69 Å². The summed E-state index contributed by atoms with van der Waals surface area (Å²) in [6.07, 6.45) is 1.41. The molecule has 16 heavy (non-hydrogen) atoms. The van der Waals surface area contributed by atoms with Crippen LogP contribution in [0.3, 0.4) is 0 Å². The van der Waals surface area contributed by atoms with Crippen molar-refractivity contribution in [2.75, 3.05) is 25.9 Å². The summed E-state index contributed by atoms with van der Waals surface area (Å²) in [6, 6.07) is 6.24. The topological polar surface area (TPSA) is 38.5 Å². The molecule has 0 fully saturated rings. The van der Waals surface area contributed by atoms with Gasteiger partial charge in [-0.3, -0.25) is 4.90 Å². The maximum atomic E-state index is 5.81. The Kier molecular flexibility index (Phi) is 3.46. The van der Waals surface area contributed by atoms with Crippen LogP contribution in [0.15, 0.2) is 18.2 Å². The van der Waals surface area contributed by atoms with E-state index in [1.165, 1.54) is 11.1 Å². The third kappa shape index (κ3) is 2.54. The largest absolute Gasteiger partial charge is 0.399 e. The molecule has 0 aromatic heterocycles. The number of rotatable bonds is 3. The molecule has 0 saturated heterocycles. The van der Waals surface area contributed by atoms with Gasteiger partial charge in [0.1, 0.15) is 0 Å². The van der Waals surface area contributed by atoms with Gasteiger partial charge in [0.2, 0.25) is 0 Å². The van der Waals surface area contributed by atoms with Gasteiger partial charge in [0.05, 0.1) is 6.10 Å². The quantitative estimate of drug-likeness (QED) is 0.787. The molecular weight excluding hydrogens is 200 g/mol. The number of benzene rings is 1. The van der Waals surface area contributed by atoms with Crippen LogP contribution in [0.1, 0.15) is 18.1 Å². The summed E-state index contributed by atoms with van der Waals surface area (Å²) in [5.41, 5.74) is 9.48. The second-order valence-electron chi connectivity index (χ2n) is 4.56. The first-order chi connectivity index (χ1) is 7.69. The highest BCUT2D eigenvalue weighted by atomic mass is 16.5. The van der Waals surface area contributed by atoms with Crippen molar-refractivity contribution in [3.05, 3.63) is 29.3 Å². The number of hydrogen-bond donors (Lipinski definition) is 1. The average Bonchev–Trinajstić information content (AvgIpc) is 2.28. The molecule has 0 bridgehead atoms. The van der Waals surface area contributed by atoms with E-state index in [0.717, 1.165) is 31.7 Å². The van der Waals surface area contributed by atoms with E-state index in [-0.39, 0.29) is 0 Å². The Hall–Kier alpha value is -1.06. The molecule has 3 heteroatoms. The van der Waals surface area contributed by atoms with Crippen molar-refractivity contribution in [2.45, 2.75) is 26.0 Å². The second-order valence-corrected chi connectivity index (χ2v) is 4.56. The molecule has 0 aliphatic carbocycles. The number of nitrogen functional groups attached to an aromatic ring is 1. The van der Waals surface area contributed by atoms with Gasteiger partial charge in [-0.25, -0.2) is 0 Å². The van der Waals surface area contributed by atoms with Gasteiger partial charge in [-0.05, 0) is 36.6 Å². The number of methoxy groups -OCH3 is 1. The van der Waals surface area contributed by atoms with Crippen LogP contribution < -0.4 is 5.73 Å². The highest BCUT2D eigenvalue weighted by molar-refractivity contribution is 5.45. The number of nitrogens with two attached hydrogens (primary N) is 1. The predicted molar refractivity (Wildman–Crippen MR) is 66.3 cm³/mol. The van der Waals surface area contributed by atoms with Gasteiger partial charge in [-0.2, -0.15) is 0 Å². The number of fused-ring (bicyclic) bond motifs is 1. The number of ether oxygens (including phenoxy) is 1. The summed E-state index contributed by atoms with van der Waals surface area (Å²) >= 11 is 0. The summed E-state index contributed by atoms with van der Waals surface area (Å²) in [6.45, 7) is 5.21. The molecule has 1 aliphatic heterocycles. The Labute approximate surface area is 97.2 Å². The summed E-state index contributed by atoms with van der Waals surface area (Å²) in [7, 11) is 1.76. The van der Waals surface area contributed by atoms with Gasteiger partial charge < -0.3 is 10.5 Å². The molecule has 1 unspecified atom stereocenters. The first kappa shape index (κ1) is 11.4. The molecule has 0 spiro atoms. The van der Waals surface area contributed by atoms with Crippen LogP contribution in [0.25, 0.3) is 0 Å². The monoisotopic (exact) mass is 220 g/mol. The molecule has 0 radical (unpaired) electrons. The van der Waals surface area contributed by atoms with Crippen molar-refractivity contribution >= 4 is 5.69 Å². The fraction of sp³-hybridized carbons (Fsp3) is 0.538. The lowest BCUT2D eigenvalue weighted by molar-refractivity contribution is 0.0723. The van der Waals surface area contributed by atoms with Gasteiger partial charge in [-0.1, -0.05) is 6.07 Å². The molecule has 2 rings (SSSR count). The molecule has 1 heterocycles. The zero-order valence-corrected chi connectivity index (χ0v) is 10.1. The number of nitrogens with zero attached hydrogens (tertiary/aromatic N) is 1. The van der Waals surface area contributed by atoms with E-state index < -0.39 is 0 Å². The van der Waals surface area contributed by atoms with Crippen molar-refractivity contribution < 1.29 is 4.74 Å². The fourth-order valence-electron chi connectivity index (χ4n) is 2.23. The van der Waals surface area contributed by atoms with E-state index in [9.17, 15) is 0 Å². The molecule has 3 nitrogen and oxygen atoms in total. The lowest BCUT2D eigenvalue weighted by atomic mass is 9.99. The van der Waals surface area contributed by atoms with Crippen LogP contribution in [-0.2, 0) is 17.7 Å². The zero-order valence-electron chi connectivity index (χ0n) is 10.1. The van der Waals surface area contributed by atoms with Crippen LogP contribution in [0.2, 0.25) is 0 Å². The van der Waals surface area contributed by atoms with Crippen LogP contribution >= 0.6 is 0 Å². The maximum absolute atomic E-state index is 5.81. The minimum atomic E-state index is 0.294. The maximum Gasteiger partial charge on any atom is 0.0670 e. The van der Waals surface area contributed by atoms with Crippen LogP contribution in [0.5, 0.6) is 0 Å². The van der Waals surface area contributed by atoms with Crippen LogP contribution in [0, 0.1) is 0 Å². The fourth-order valence-corrected chi connectivity index (χ4v) is 2.23. The van der Waals surface area contributed by atoms with Crippen LogP contribution in [-0.4, -0.2) is 31.2 Å². The summed E-state index contributed by atoms with van der Waals surface area (Å²) in [5.74, 6) is 0. The Morgan fingerprint density at radius 1 is 1.44 bits per heavy atom. The zero-order chi connectivity index (χ0) is 11.5. The molecule has 0 amide bonds. The number of hydrogen-bond acceptors (Lipinski definition) is 3. The molecule has 1 aromatic rings. The molecule has 1 aliphatic rings. The van der Waals surface area contributed by atoms with Gasteiger partial charge in [0, 0.05) is 32.4 Å². The van der Waals surface area contributed by atoms with Gasteiger partial charge in [0.25, 0.3) is 0 Å². The third-order valence-electron chi connectivity index (χ3n) is 3.24. The first-order valence-electron chi connectivity index (χ1n) is 5.81. The van der Waals surface area contributed by atoms with E-state index in [1.807, 2.05) is 6.07 Å². The Morgan fingerprint density at radius 3 is 3.00 bits per heavy atom. The van der Waals surface area contributed by atoms with E-state index in [4.69, 9.17) is 10.5 Å². The van der Waals surface area contributed by atoms with Crippen molar-refractivity contribution in [1.29, 1.82) is 0 Å². The summed E-state index contributed by atoms with van der Waals surface area (Å²) in [5, 5.41) is 0. The highest BCUT2D eigenvalue weighted by Gasteiger charge is 2.17. The minimum absolute atomic E-state index is 0.294. The third-order valence-corrected chi connectivity index (χ3v) is 3.24. The Balaban J connectivity index is 2.05. The minimum Gasteiger partial charge on any atom is -0.399 e. The molecule has 1 aromatic carbocycles. The predicted octanol–water partition coefficient (Wildman–Crippen LogP) is 1.66. The summed E-state index contributed by atoms with van der Waals surface area (Å²) < 4.78 is 5.30. The van der Waals surface area contributed by atoms with E-state index >= 15 is 0 Å². The second kappa shape index (κ2) is 4.85. The van der Waals surface area contributed by atoms with E-state index in [0.29, 0.717) is 6.10 Å². The number of anilines is 1. The van der Waals surface area contributed by atoms with Crippen molar-refractivity contribution in [3.8, 4) is 0 Å². The Bertz CT molecular complexity index is 365. The molecule has 1 atom stereocenters. The van der Waals surface area contributed by atoms with Gasteiger partial charge in [0.15, 0.2) is 0 Å². The van der Waals surface area contributed by atoms with Gasteiger partial charge in [-0.15, -0.1) is 0 Å². The Morgan fingerprint density at radius 2 is 2.25 bits per heavy atom. The smallest absolute Gasteiger partial charge is 0.0670 e. The first-order valence-corrected chi connectivity index (χ1v) is 5.81. The molecule has 2 N–H and O–H groups in total. The lowest BCUT2D eigenvalue weighted by Gasteiger charge is -2.30. The van der Waals surface area contributed by atoms with Crippen molar-refractivity contribution in [1.82, 2.24) is 4.90 Å². The summed E-state index contributed by atoms with van der Waals surface area (Å²) in [4.78, 5) is 2.43.